The Morgan fingerprint density at radius 3 is 2.37 bits per heavy atom. The molecule has 0 atom stereocenters. The molecule has 0 spiro atoms. The van der Waals surface area contributed by atoms with E-state index >= 15 is 0 Å². The summed E-state index contributed by atoms with van der Waals surface area (Å²) in [6.07, 6.45) is 0.411. The molecule has 19 heavy (non-hydrogen) atoms. The monoisotopic (exact) mass is 273 g/mol. The van der Waals surface area contributed by atoms with Gasteiger partial charge in [-0.3, -0.25) is 4.79 Å². The number of carboxylic acid groups (broad SMARTS) is 1. The van der Waals surface area contributed by atoms with Crippen LogP contribution in [0.1, 0.15) is 19.8 Å². The topological polar surface area (TPSA) is 117 Å². The first kappa shape index (κ1) is 15.2. The van der Waals surface area contributed by atoms with Crippen molar-refractivity contribution in [2.45, 2.75) is 25.3 Å². The van der Waals surface area contributed by atoms with Crippen LogP contribution >= 0.6 is 0 Å². The number of nitrogens with one attached hydrogen (secondary N) is 3. The van der Waals surface area contributed by atoms with Gasteiger partial charge in [0, 0.05) is 32.6 Å². The molecule has 1 rings (SSSR count). The molecular weight excluding hydrogens is 254 g/mol. The number of carbonyl (C=O) groups is 3. The molecule has 0 bridgehead atoms. The fourth-order valence-electron chi connectivity index (χ4n) is 1.79. The van der Waals surface area contributed by atoms with Gasteiger partial charge in [-0.05, 0) is 6.92 Å². The molecule has 0 aliphatic carbocycles. The van der Waals surface area contributed by atoms with Crippen LogP contribution in [0, 0.1) is 0 Å². The highest BCUT2D eigenvalue weighted by Gasteiger charge is 2.41. The Hall–Kier alpha value is -1.83. The zero-order valence-electron chi connectivity index (χ0n) is 10.8. The van der Waals surface area contributed by atoms with Gasteiger partial charge in [0.05, 0.1) is 6.54 Å². The maximum absolute atomic E-state index is 11.6. The lowest BCUT2D eigenvalue weighted by molar-refractivity contribution is -0.148. The first-order valence-corrected chi connectivity index (χ1v) is 6.14. The highest BCUT2D eigenvalue weighted by molar-refractivity contribution is 5.88. The Bertz CT molecular complexity index is 352. The third-order valence-corrected chi connectivity index (χ3v) is 2.89. The van der Waals surface area contributed by atoms with Gasteiger partial charge < -0.3 is 25.8 Å². The summed E-state index contributed by atoms with van der Waals surface area (Å²) in [6, 6.07) is -0.671. The maximum atomic E-state index is 11.6. The zero-order chi connectivity index (χ0) is 14.3. The molecule has 0 unspecified atom stereocenters. The van der Waals surface area contributed by atoms with Crippen molar-refractivity contribution in [1.82, 2.24) is 16.0 Å². The van der Waals surface area contributed by atoms with Gasteiger partial charge in [0.15, 0.2) is 0 Å². The Balaban J connectivity index is 2.48. The number of carbonyl (C=O) groups excluding carboxylic acids is 2. The van der Waals surface area contributed by atoms with Crippen molar-refractivity contribution in [3.05, 3.63) is 0 Å². The van der Waals surface area contributed by atoms with E-state index in [0.717, 1.165) is 0 Å². The van der Waals surface area contributed by atoms with Gasteiger partial charge in [0.1, 0.15) is 5.54 Å². The fourth-order valence-corrected chi connectivity index (χ4v) is 1.79. The van der Waals surface area contributed by atoms with Crippen molar-refractivity contribution in [2.24, 2.45) is 0 Å². The van der Waals surface area contributed by atoms with E-state index in [1.165, 1.54) is 0 Å². The number of rotatable bonds is 5. The van der Waals surface area contributed by atoms with Crippen LogP contribution < -0.4 is 16.0 Å². The van der Waals surface area contributed by atoms with Crippen molar-refractivity contribution in [3.8, 4) is 0 Å². The van der Waals surface area contributed by atoms with Gasteiger partial charge in [0.25, 0.3) is 0 Å². The average molecular weight is 273 g/mol. The number of likely N-dealkylation sites (N-methyl/N-ethyl adjacent to an activating group) is 1. The van der Waals surface area contributed by atoms with Crippen molar-refractivity contribution in [3.63, 3.8) is 0 Å². The summed E-state index contributed by atoms with van der Waals surface area (Å²) in [4.78, 5) is 34.1. The van der Waals surface area contributed by atoms with Gasteiger partial charge in [0.2, 0.25) is 5.91 Å². The van der Waals surface area contributed by atoms with Crippen molar-refractivity contribution < 1.29 is 24.2 Å². The van der Waals surface area contributed by atoms with Gasteiger partial charge >= 0.3 is 12.0 Å². The minimum absolute atomic E-state index is 0.189. The van der Waals surface area contributed by atoms with E-state index in [-0.39, 0.29) is 38.5 Å². The second kappa shape index (κ2) is 6.93. The minimum Gasteiger partial charge on any atom is -0.480 e. The SMILES string of the molecule is CCNC(=O)CNC(=O)NC1(C(=O)O)CCOCC1. The Morgan fingerprint density at radius 2 is 1.84 bits per heavy atom. The highest BCUT2D eigenvalue weighted by atomic mass is 16.5. The first-order valence-electron chi connectivity index (χ1n) is 6.14. The molecule has 0 saturated carbocycles. The van der Waals surface area contributed by atoms with Crippen LogP contribution in [0.5, 0.6) is 0 Å². The summed E-state index contributed by atoms with van der Waals surface area (Å²) in [5.41, 5.74) is -1.32. The number of urea groups is 1. The van der Waals surface area contributed by atoms with Gasteiger partial charge in [-0.15, -0.1) is 0 Å². The predicted octanol–water partition coefficient (Wildman–Crippen LogP) is -0.944. The fraction of sp³-hybridized carbons (Fsp3) is 0.727. The molecule has 1 fully saturated rings. The van der Waals surface area contributed by atoms with Crippen LogP contribution in [0.25, 0.3) is 0 Å². The van der Waals surface area contributed by atoms with Gasteiger partial charge in [-0.25, -0.2) is 9.59 Å². The Kier molecular flexibility index (Phi) is 5.56. The van der Waals surface area contributed by atoms with Crippen molar-refractivity contribution in [2.75, 3.05) is 26.3 Å². The summed E-state index contributed by atoms with van der Waals surface area (Å²) < 4.78 is 5.09. The van der Waals surface area contributed by atoms with E-state index in [0.29, 0.717) is 6.54 Å². The van der Waals surface area contributed by atoms with Crippen LogP contribution in [0.3, 0.4) is 0 Å². The minimum atomic E-state index is -1.32. The van der Waals surface area contributed by atoms with E-state index in [2.05, 4.69) is 16.0 Å². The lowest BCUT2D eigenvalue weighted by Crippen LogP contribution is -2.60. The van der Waals surface area contributed by atoms with E-state index in [1.54, 1.807) is 6.92 Å². The molecule has 3 amide bonds. The first-order chi connectivity index (χ1) is 9.00. The van der Waals surface area contributed by atoms with Crippen LogP contribution in [0.15, 0.2) is 0 Å². The molecule has 8 heteroatoms. The van der Waals surface area contributed by atoms with E-state index in [9.17, 15) is 19.5 Å². The van der Waals surface area contributed by atoms with E-state index in [1.807, 2.05) is 0 Å². The third-order valence-electron chi connectivity index (χ3n) is 2.89. The molecule has 1 saturated heterocycles. The molecule has 8 nitrogen and oxygen atoms in total. The summed E-state index contributed by atoms with van der Waals surface area (Å²) in [5.74, 6) is -1.42. The van der Waals surface area contributed by atoms with Crippen molar-refractivity contribution >= 4 is 17.9 Å². The number of ether oxygens (including phenoxy) is 1. The lowest BCUT2D eigenvalue weighted by atomic mass is 9.90. The van der Waals surface area contributed by atoms with E-state index < -0.39 is 17.5 Å². The Labute approximate surface area is 110 Å². The Morgan fingerprint density at radius 1 is 1.21 bits per heavy atom. The summed E-state index contributed by atoms with van der Waals surface area (Å²) in [6.45, 7) is 2.61. The van der Waals surface area contributed by atoms with Crippen LogP contribution in [-0.4, -0.2) is 54.9 Å². The smallest absolute Gasteiger partial charge is 0.329 e. The second-order valence-electron chi connectivity index (χ2n) is 4.26. The third kappa shape index (κ3) is 4.40. The highest BCUT2D eigenvalue weighted by Crippen LogP contribution is 2.20. The van der Waals surface area contributed by atoms with Crippen LogP contribution in [0.4, 0.5) is 4.79 Å². The average Bonchev–Trinajstić information content (AvgIpc) is 2.38. The maximum Gasteiger partial charge on any atom is 0.329 e. The molecule has 1 aliphatic heterocycles. The molecule has 108 valence electrons. The molecule has 1 heterocycles. The number of aliphatic carboxylic acids is 1. The molecule has 0 aromatic heterocycles. The molecule has 4 N–H and O–H groups in total. The number of carboxylic acids is 1. The quantitative estimate of drug-likeness (QED) is 0.515. The van der Waals surface area contributed by atoms with Gasteiger partial charge in [-0.2, -0.15) is 0 Å². The molecule has 0 radical (unpaired) electrons. The van der Waals surface area contributed by atoms with Crippen LogP contribution in [0.2, 0.25) is 0 Å². The standard InChI is InChI=1S/C11H19N3O5/c1-2-12-8(15)7-13-10(18)14-11(9(16)17)3-5-19-6-4-11/h2-7H2,1H3,(H,12,15)(H,16,17)(H2,13,14,18). The number of amides is 3. The number of hydrogen-bond donors (Lipinski definition) is 4. The molecule has 1 aliphatic rings. The summed E-state index contributed by atoms with van der Waals surface area (Å²) >= 11 is 0. The predicted molar refractivity (Wildman–Crippen MR) is 65.6 cm³/mol. The normalized spacial score (nSPS) is 17.3. The lowest BCUT2D eigenvalue weighted by Gasteiger charge is -2.33. The largest absolute Gasteiger partial charge is 0.480 e. The molecule has 0 aromatic carbocycles. The summed E-state index contributed by atoms with van der Waals surface area (Å²) in [5, 5.41) is 16.5. The van der Waals surface area contributed by atoms with Gasteiger partial charge in [-0.1, -0.05) is 0 Å². The van der Waals surface area contributed by atoms with E-state index in [4.69, 9.17) is 4.74 Å². The molecule has 0 aromatic rings. The van der Waals surface area contributed by atoms with Crippen LogP contribution in [-0.2, 0) is 14.3 Å². The summed E-state index contributed by atoms with van der Waals surface area (Å²) in [7, 11) is 0. The number of hydrogen-bond acceptors (Lipinski definition) is 4. The zero-order valence-corrected chi connectivity index (χ0v) is 10.8. The second-order valence-corrected chi connectivity index (χ2v) is 4.26. The molecular formula is C11H19N3O5. The van der Waals surface area contributed by atoms with Crippen molar-refractivity contribution in [1.29, 1.82) is 0 Å².